The number of aryl methyl sites for hydroxylation is 1. The number of nitriles is 1. The van der Waals surface area contributed by atoms with Crippen LogP contribution in [0, 0.1) is 18.3 Å². The van der Waals surface area contributed by atoms with E-state index in [-0.39, 0.29) is 17.0 Å². The monoisotopic (exact) mass is 463 g/mol. The fraction of sp³-hybridized carbons (Fsp3) is 0.200. The Balaban J connectivity index is 1.88. The molecule has 1 aliphatic heterocycles. The molecule has 0 bridgehead atoms. The number of hydrogen-bond donors (Lipinski definition) is 1. The third kappa shape index (κ3) is 4.01. The average molecular weight is 464 g/mol. The summed E-state index contributed by atoms with van der Waals surface area (Å²) in [5.74, 6) is 0.793. The zero-order valence-electron chi connectivity index (χ0n) is 18.4. The highest BCUT2D eigenvalue weighted by molar-refractivity contribution is 6.30. The molecule has 0 fully saturated rings. The summed E-state index contributed by atoms with van der Waals surface area (Å²) in [5, 5.41) is 10.3. The molecule has 168 valence electrons. The van der Waals surface area contributed by atoms with Gasteiger partial charge in [0.05, 0.1) is 32.2 Å². The molecule has 7 nitrogen and oxygen atoms in total. The van der Waals surface area contributed by atoms with Crippen LogP contribution < -0.4 is 25.5 Å². The second kappa shape index (κ2) is 8.93. The van der Waals surface area contributed by atoms with E-state index in [0.29, 0.717) is 45.6 Å². The molecule has 0 saturated carbocycles. The summed E-state index contributed by atoms with van der Waals surface area (Å²) in [4.78, 5) is 13.8. The number of nitrogens with zero attached hydrogens (tertiary/aromatic N) is 2. The van der Waals surface area contributed by atoms with E-state index >= 15 is 0 Å². The molecule has 1 aliphatic rings. The quantitative estimate of drug-likeness (QED) is 0.611. The van der Waals surface area contributed by atoms with E-state index < -0.39 is 5.92 Å². The molecule has 0 unspecified atom stereocenters. The lowest BCUT2D eigenvalue weighted by Crippen LogP contribution is -2.33. The van der Waals surface area contributed by atoms with Crippen LogP contribution in [0.3, 0.4) is 0 Å². The number of aromatic nitrogens is 1. The highest BCUT2D eigenvalue weighted by Gasteiger charge is 2.34. The van der Waals surface area contributed by atoms with E-state index in [1.807, 2.05) is 25.1 Å². The molecule has 2 N–H and O–H groups in total. The molecule has 3 aromatic rings. The summed E-state index contributed by atoms with van der Waals surface area (Å²) in [6, 6.07) is 16.4. The van der Waals surface area contributed by atoms with Crippen LogP contribution in [0.25, 0.3) is 0 Å². The van der Waals surface area contributed by atoms with Crippen molar-refractivity contribution in [1.82, 2.24) is 4.57 Å². The zero-order chi connectivity index (χ0) is 23.7. The van der Waals surface area contributed by atoms with Crippen molar-refractivity contribution in [3.05, 3.63) is 97.7 Å². The topological polar surface area (TPSA) is 99.5 Å². The molecule has 0 amide bonds. The molecule has 8 heteroatoms. The van der Waals surface area contributed by atoms with Crippen LogP contribution in [0.1, 0.15) is 28.3 Å². The van der Waals surface area contributed by atoms with Crippen molar-refractivity contribution in [2.24, 2.45) is 5.73 Å². The SMILES string of the molecule is COc1ccc(Cn2c(C)cc3c(c2=O)[C@H](c2cccc(Cl)c2)C(C#N)=C(N)O3)cc1OC. The molecule has 0 radical (unpaired) electrons. The zero-order valence-corrected chi connectivity index (χ0v) is 19.1. The highest BCUT2D eigenvalue weighted by Crippen LogP contribution is 2.41. The number of methoxy groups -OCH3 is 2. The van der Waals surface area contributed by atoms with Crippen LogP contribution >= 0.6 is 11.6 Å². The Morgan fingerprint density at radius 2 is 1.91 bits per heavy atom. The maximum Gasteiger partial charge on any atom is 0.259 e. The number of pyridine rings is 1. The van der Waals surface area contributed by atoms with E-state index in [1.54, 1.807) is 49.1 Å². The van der Waals surface area contributed by atoms with Crippen LogP contribution in [0.2, 0.25) is 5.02 Å². The van der Waals surface area contributed by atoms with Crippen molar-refractivity contribution < 1.29 is 14.2 Å². The van der Waals surface area contributed by atoms with Crippen molar-refractivity contribution in [3.63, 3.8) is 0 Å². The Morgan fingerprint density at radius 1 is 1.15 bits per heavy atom. The van der Waals surface area contributed by atoms with Gasteiger partial charge in [0.2, 0.25) is 5.88 Å². The predicted octanol–water partition coefficient (Wildman–Crippen LogP) is 4.09. The van der Waals surface area contributed by atoms with Gasteiger partial charge in [0.1, 0.15) is 17.4 Å². The number of nitrogens with two attached hydrogens (primary N) is 1. The number of allylic oxidation sites excluding steroid dienone is 1. The Morgan fingerprint density at radius 3 is 2.58 bits per heavy atom. The molecule has 2 heterocycles. The number of benzene rings is 2. The van der Waals surface area contributed by atoms with Gasteiger partial charge >= 0.3 is 0 Å². The highest BCUT2D eigenvalue weighted by atomic mass is 35.5. The Hall–Kier alpha value is -3.89. The fourth-order valence-corrected chi connectivity index (χ4v) is 4.26. The second-order valence-electron chi connectivity index (χ2n) is 7.62. The van der Waals surface area contributed by atoms with Crippen molar-refractivity contribution in [1.29, 1.82) is 5.26 Å². The summed E-state index contributed by atoms with van der Waals surface area (Å²) in [6.07, 6.45) is 0. The lowest BCUT2D eigenvalue weighted by molar-refractivity contribution is 0.354. The Kier molecular flexibility index (Phi) is 6.03. The van der Waals surface area contributed by atoms with Crippen LogP contribution in [0.4, 0.5) is 0 Å². The number of fused-ring (bicyclic) bond motifs is 1. The van der Waals surface area contributed by atoms with Gasteiger partial charge in [0.25, 0.3) is 5.56 Å². The summed E-state index contributed by atoms with van der Waals surface area (Å²) >= 11 is 6.21. The first-order valence-corrected chi connectivity index (χ1v) is 10.5. The van der Waals surface area contributed by atoms with E-state index in [0.717, 1.165) is 5.56 Å². The van der Waals surface area contributed by atoms with Gasteiger partial charge in [0.15, 0.2) is 11.5 Å². The second-order valence-corrected chi connectivity index (χ2v) is 8.06. The van der Waals surface area contributed by atoms with Gasteiger partial charge in [-0.1, -0.05) is 29.8 Å². The fourth-order valence-electron chi connectivity index (χ4n) is 4.06. The van der Waals surface area contributed by atoms with Crippen LogP contribution in [0.5, 0.6) is 17.2 Å². The normalized spacial score (nSPS) is 14.8. The van der Waals surface area contributed by atoms with E-state index in [9.17, 15) is 10.1 Å². The molecule has 1 atom stereocenters. The van der Waals surface area contributed by atoms with E-state index in [4.69, 9.17) is 31.5 Å². The van der Waals surface area contributed by atoms with Gasteiger partial charge in [-0.15, -0.1) is 0 Å². The van der Waals surface area contributed by atoms with Gasteiger partial charge in [-0.3, -0.25) is 4.79 Å². The molecule has 33 heavy (non-hydrogen) atoms. The first kappa shape index (κ1) is 22.3. The molecular weight excluding hydrogens is 442 g/mol. The Labute approximate surface area is 196 Å². The van der Waals surface area contributed by atoms with Crippen molar-refractivity contribution in [2.45, 2.75) is 19.4 Å². The van der Waals surface area contributed by atoms with Gasteiger partial charge < -0.3 is 24.5 Å². The van der Waals surface area contributed by atoms with Crippen molar-refractivity contribution >= 4 is 11.6 Å². The summed E-state index contributed by atoms with van der Waals surface area (Å²) in [5.41, 5.74) is 8.52. The maximum atomic E-state index is 13.8. The van der Waals surface area contributed by atoms with Crippen molar-refractivity contribution in [3.8, 4) is 23.3 Å². The van der Waals surface area contributed by atoms with E-state index in [2.05, 4.69) is 6.07 Å². The molecule has 2 aromatic carbocycles. The number of halogens is 1. The van der Waals surface area contributed by atoms with Gasteiger partial charge in [-0.2, -0.15) is 5.26 Å². The van der Waals surface area contributed by atoms with Crippen LogP contribution in [-0.2, 0) is 6.54 Å². The van der Waals surface area contributed by atoms with Crippen LogP contribution in [0.15, 0.2) is 64.8 Å². The molecular formula is C25H22ClN3O4. The Bertz CT molecular complexity index is 1370. The van der Waals surface area contributed by atoms with E-state index in [1.165, 1.54) is 0 Å². The number of ether oxygens (including phenoxy) is 3. The minimum Gasteiger partial charge on any atom is -0.493 e. The summed E-state index contributed by atoms with van der Waals surface area (Å²) < 4.78 is 18.0. The lowest BCUT2D eigenvalue weighted by atomic mass is 9.84. The van der Waals surface area contributed by atoms with Gasteiger partial charge in [-0.05, 0) is 42.3 Å². The smallest absolute Gasteiger partial charge is 0.259 e. The minimum atomic E-state index is -0.692. The summed E-state index contributed by atoms with van der Waals surface area (Å²) in [7, 11) is 3.13. The lowest BCUT2D eigenvalue weighted by Gasteiger charge is -2.27. The number of hydrogen-bond acceptors (Lipinski definition) is 6. The van der Waals surface area contributed by atoms with Gasteiger partial charge in [0, 0.05) is 16.8 Å². The molecule has 0 spiro atoms. The molecule has 4 rings (SSSR count). The maximum absolute atomic E-state index is 13.8. The molecule has 0 aliphatic carbocycles. The standard InChI is InChI=1S/C25H22ClN3O4/c1-14-9-21-23(22(18(12-27)24(28)33-21)16-5-4-6-17(26)11-16)25(30)29(14)13-15-7-8-19(31-2)20(10-15)32-3/h4-11,22H,13,28H2,1-3H3/t22-/m1/s1. The predicted molar refractivity (Wildman–Crippen MR) is 125 cm³/mol. The third-order valence-corrected chi connectivity index (χ3v) is 5.90. The molecule has 1 aromatic heterocycles. The summed E-state index contributed by atoms with van der Waals surface area (Å²) in [6.45, 7) is 2.11. The minimum absolute atomic E-state index is 0.0218. The van der Waals surface area contributed by atoms with Crippen molar-refractivity contribution in [2.75, 3.05) is 14.2 Å². The first-order valence-electron chi connectivity index (χ1n) is 10.2. The van der Waals surface area contributed by atoms with Gasteiger partial charge in [-0.25, -0.2) is 0 Å². The van der Waals surface area contributed by atoms with Crippen LogP contribution in [-0.4, -0.2) is 18.8 Å². The largest absolute Gasteiger partial charge is 0.493 e. The number of rotatable bonds is 5. The average Bonchev–Trinajstić information content (AvgIpc) is 2.80. The third-order valence-electron chi connectivity index (χ3n) is 5.66. The molecule has 0 saturated heterocycles. The first-order chi connectivity index (χ1) is 15.9.